The minimum Gasteiger partial charge on any atom is -0.449 e. The molecule has 2 aromatic heterocycles. The lowest BCUT2D eigenvalue weighted by Gasteiger charge is -2.23. The highest BCUT2D eigenvalue weighted by molar-refractivity contribution is 5.12. The van der Waals surface area contributed by atoms with Crippen LogP contribution in [0.2, 0.25) is 0 Å². The number of aryl methyl sites for hydroxylation is 1. The SMILES string of the molecule is Cc1nc(CN2CCCC2Cn2nc(C3CC3)ccc2=O)co1. The molecule has 1 aliphatic carbocycles. The van der Waals surface area contributed by atoms with Crippen molar-refractivity contribution in [2.24, 2.45) is 0 Å². The van der Waals surface area contributed by atoms with Crippen LogP contribution >= 0.6 is 0 Å². The van der Waals surface area contributed by atoms with Crippen LogP contribution in [0.15, 0.2) is 27.6 Å². The Labute approximate surface area is 135 Å². The Balaban J connectivity index is 1.48. The third-order valence-electron chi connectivity index (χ3n) is 4.80. The molecule has 1 saturated heterocycles. The van der Waals surface area contributed by atoms with Crippen molar-refractivity contribution in [3.63, 3.8) is 0 Å². The first-order chi connectivity index (χ1) is 11.2. The Hall–Kier alpha value is -1.95. The van der Waals surface area contributed by atoms with Gasteiger partial charge in [0.25, 0.3) is 5.56 Å². The van der Waals surface area contributed by atoms with Gasteiger partial charge in [-0.05, 0) is 38.3 Å². The maximum atomic E-state index is 12.1. The van der Waals surface area contributed by atoms with Gasteiger partial charge >= 0.3 is 0 Å². The molecule has 1 saturated carbocycles. The Bertz CT molecular complexity index is 747. The summed E-state index contributed by atoms with van der Waals surface area (Å²) in [4.78, 5) is 18.9. The fraction of sp³-hybridized carbons (Fsp3) is 0.588. The monoisotopic (exact) mass is 314 g/mol. The topological polar surface area (TPSA) is 64.2 Å². The smallest absolute Gasteiger partial charge is 0.266 e. The van der Waals surface area contributed by atoms with Crippen molar-refractivity contribution in [3.05, 3.63) is 46.0 Å². The van der Waals surface area contributed by atoms with E-state index in [0.29, 0.717) is 24.4 Å². The normalized spacial score (nSPS) is 21.9. The summed E-state index contributed by atoms with van der Waals surface area (Å²) in [6.45, 7) is 4.33. The third-order valence-corrected chi connectivity index (χ3v) is 4.80. The number of oxazole rings is 1. The Morgan fingerprint density at radius 2 is 2.17 bits per heavy atom. The van der Waals surface area contributed by atoms with Crippen molar-refractivity contribution in [2.45, 2.75) is 57.7 Å². The Morgan fingerprint density at radius 1 is 1.30 bits per heavy atom. The summed E-state index contributed by atoms with van der Waals surface area (Å²) in [5.74, 6) is 1.27. The zero-order valence-corrected chi connectivity index (χ0v) is 13.4. The molecule has 2 aromatic rings. The van der Waals surface area contributed by atoms with Crippen LogP contribution in [0.1, 0.15) is 48.9 Å². The van der Waals surface area contributed by atoms with E-state index in [1.807, 2.05) is 13.0 Å². The van der Waals surface area contributed by atoms with Gasteiger partial charge < -0.3 is 4.42 Å². The maximum Gasteiger partial charge on any atom is 0.266 e. The number of aromatic nitrogens is 3. The zero-order chi connectivity index (χ0) is 15.8. The average molecular weight is 314 g/mol. The van der Waals surface area contributed by atoms with Gasteiger partial charge in [0.2, 0.25) is 0 Å². The van der Waals surface area contributed by atoms with Gasteiger partial charge in [0, 0.05) is 31.5 Å². The molecule has 0 amide bonds. The predicted octanol–water partition coefficient (Wildman–Crippen LogP) is 2.08. The molecule has 1 unspecified atom stereocenters. The van der Waals surface area contributed by atoms with Crippen molar-refractivity contribution < 1.29 is 4.42 Å². The van der Waals surface area contributed by atoms with Crippen LogP contribution in [-0.4, -0.2) is 32.3 Å². The lowest BCUT2D eigenvalue weighted by Crippen LogP contribution is -2.37. The molecule has 0 spiro atoms. The van der Waals surface area contributed by atoms with E-state index in [-0.39, 0.29) is 5.56 Å². The molecular weight excluding hydrogens is 292 g/mol. The highest BCUT2D eigenvalue weighted by Crippen LogP contribution is 2.38. The summed E-state index contributed by atoms with van der Waals surface area (Å²) in [7, 11) is 0. The van der Waals surface area contributed by atoms with E-state index in [2.05, 4.69) is 15.0 Å². The molecule has 0 bridgehead atoms. The largest absolute Gasteiger partial charge is 0.449 e. The average Bonchev–Trinajstić information content (AvgIpc) is 3.18. The van der Waals surface area contributed by atoms with Gasteiger partial charge in [0.15, 0.2) is 5.89 Å². The molecule has 6 heteroatoms. The second kappa shape index (κ2) is 5.92. The predicted molar refractivity (Wildman–Crippen MR) is 85.1 cm³/mol. The first-order valence-corrected chi connectivity index (χ1v) is 8.42. The number of nitrogens with zero attached hydrogens (tertiary/aromatic N) is 4. The molecule has 23 heavy (non-hydrogen) atoms. The number of hydrogen-bond acceptors (Lipinski definition) is 5. The molecule has 6 nitrogen and oxygen atoms in total. The first-order valence-electron chi connectivity index (χ1n) is 8.42. The molecular formula is C17H22N4O2. The second-order valence-electron chi connectivity index (χ2n) is 6.68. The van der Waals surface area contributed by atoms with Gasteiger partial charge in [-0.2, -0.15) is 5.10 Å². The Morgan fingerprint density at radius 3 is 2.91 bits per heavy atom. The van der Waals surface area contributed by atoms with Gasteiger partial charge in [0.05, 0.1) is 17.9 Å². The summed E-state index contributed by atoms with van der Waals surface area (Å²) in [6, 6.07) is 3.90. The molecule has 0 aromatic carbocycles. The van der Waals surface area contributed by atoms with Crippen LogP contribution in [0.3, 0.4) is 0 Å². The summed E-state index contributed by atoms with van der Waals surface area (Å²) in [5.41, 5.74) is 2.03. The molecule has 2 fully saturated rings. The van der Waals surface area contributed by atoms with Crippen molar-refractivity contribution in [2.75, 3.05) is 6.54 Å². The number of likely N-dealkylation sites (tertiary alicyclic amines) is 1. The molecule has 1 aliphatic heterocycles. The summed E-state index contributed by atoms with van der Waals surface area (Å²) in [5, 5.41) is 4.59. The summed E-state index contributed by atoms with van der Waals surface area (Å²) in [6.07, 6.45) is 6.37. The first kappa shape index (κ1) is 14.6. The van der Waals surface area contributed by atoms with Gasteiger partial charge in [0.1, 0.15) is 6.26 Å². The van der Waals surface area contributed by atoms with Gasteiger partial charge in [-0.25, -0.2) is 9.67 Å². The van der Waals surface area contributed by atoms with E-state index >= 15 is 0 Å². The Kier molecular flexibility index (Phi) is 3.77. The van der Waals surface area contributed by atoms with Crippen molar-refractivity contribution in [1.82, 2.24) is 19.7 Å². The second-order valence-corrected chi connectivity index (χ2v) is 6.68. The molecule has 122 valence electrons. The third kappa shape index (κ3) is 3.22. The van der Waals surface area contributed by atoms with E-state index in [9.17, 15) is 4.79 Å². The van der Waals surface area contributed by atoms with Gasteiger partial charge in [-0.1, -0.05) is 0 Å². The summed E-state index contributed by atoms with van der Waals surface area (Å²) < 4.78 is 6.95. The van der Waals surface area contributed by atoms with Crippen LogP contribution in [0.5, 0.6) is 0 Å². The molecule has 2 aliphatic rings. The number of rotatable bonds is 5. The zero-order valence-electron chi connectivity index (χ0n) is 13.4. The molecule has 1 atom stereocenters. The van der Waals surface area contributed by atoms with E-state index < -0.39 is 0 Å². The van der Waals surface area contributed by atoms with Crippen molar-refractivity contribution >= 4 is 0 Å². The highest BCUT2D eigenvalue weighted by Gasteiger charge is 2.28. The minimum atomic E-state index is -0.00136. The van der Waals surface area contributed by atoms with E-state index in [1.54, 1.807) is 17.0 Å². The fourth-order valence-electron chi connectivity index (χ4n) is 3.39. The molecule has 4 rings (SSSR count). The standard InChI is InChI=1S/C17H22N4O2/c1-12-18-14(11-23-12)9-20-8-2-3-15(20)10-21-17(22)7-6-16(19-21)13-4-5-13/h6-7,11,13,15H,2-5,8-10H2,1H3. The molecule has 0 N–H and O–H groups in total. The van der Waals surface area contributed by atoms with E-state index in [4.69, 9.17) is 4.42 Å². The van der Waals surface area contributed by atoms with Gasteiger partial charge in [-0.15, -0.1) is 0 Å². The lowest BCUT2D eigenvalue weighted by molar-refractivity contribution is 0.214. The van der Waals surface area contributed by atoms with E-state index in [0.717, 1.165) is 37.3 Å². The van der Waals surface area contributed by atoms with Crippen LogP contribution in [0.4, 0.5) is 0 Å². The van der Waals surface area contributed by atoms with Crippen LogP contribution in [0, 0.1) is 6.92 Å². The lowest BCUT2D eigenvalue weighted by atomic mass is 10.2. The van der Waals surface area contributed by atoms with Crippen molar-refractivity contribution in [1.29, 1.82) is 0 Å². The minimum absolute atomic E-state index is 0.00136. The van der Waals surface area contributed by atoms with Crippen molar-refractivity contribution in [3.8, 4) is 0 Å². The molecule has 3 heterocycles. The van der Waals surface area contributed by atoms with Gasteiger partial charge in [-0.3, -0.25) is 9.69 Å². The quantitative estimate of drug-likeness (QED) is 0.845. The molecule has 0 radical (unpaired) electrons. The summed E-state index contributed by atoms with van der Waals surface area (Å²) >= 11 is 0. The maximum absolute atomic E-state index is 12.1. The van der Waals surface area contributed by atoms with Crippen LogP contribution in [-0.2, 0) is 13.1 Å². The van der Waals surface area contributed by atoms with E-state index in [1.165, 1.54) is 12.8 Å². The van der Waals surface area contributed by atoms with Crippen LogP contribution < -0.4 is 5.56 Å². The van der Waals surface area contributed by atoms with Crippen LogP contribution in [0.25, 0.3) is 0 Å². The fourth-order valence-corrected chi connectivity index (χ4v) is 3.39. The number of hydrogen-bond donors (Lipinski definition) is 0. The highest BCUT2D eigenvalue weighted by atomic mass is 16.3.